The molecule has 1 heterocycles. The largest absolute Gasteiger partial charge is 0.488 e. The third-order valence-corrected chi connectivity index (χ3v) is 8.05. The summed E-state index contributed by atoms with van der Waals surface area (Å²) in [5.41, 5.74) is 5.30. The number of aliphatic carboxylic acids is 1. The van der Waals surface area contributed by atoms with E-state index >= 15 is 0 Å². The number of hydrogen-bond acceptors (Lipinski definition) is 6. The van der Waals surface area contributed by atoms with Crippen molar-refractivity contribution in [2.45, 2.75) is 75.7 Å². The third kappa shape index (κ3) is 5.53. The average molecular weight is 500 g/mol. The Labute approximate surface area is 212 Å². The number of thioether (sulfide) groups is 1. The lowest BCUT2D eigenvalue weighted by atomic mass is 9.94. The van der Waals surface area contributed by atoms with Crippen LogP contribution in [0.2, 0.25) is 0 Å². The highest BCUT2D eigenvalue weighted by atomic mass is 32.2. The first kappa shape index (κ1) is 26.0. The second-order valence-electron chi connectivity index (χ2n) is 10.6. The molecule has 0 spiro atoms. The topological polar surface area (TPSA) is 88.0 Å². The van der Waals surface area contributed by atoms with Crippen LogP contribution in [-0.4, -0.2) is 53.3 Å². The normalized spacial score (nSPS) is 22.2. The lowest BCUT2D eigenvalue weighted by Crippen LogP contribution is -2.46. The number of β-amino-alcohol motifs (C(OH)–C–C–N with tert-alkyl or cyclic N) is 1. The molecule has 1 aliphatic heterocycles. The molecule has 0 unspecified atom stereocenters. The average Bonchev–Trinajstić information content (AvgIpc) is 3.38. The Morgan fingerprint density at radius 1 is 1.23 bits per heavy atom. The van der Waals surface area contributed by atoms with Gasteiger partial charge < -0.3 is 25.0 Å². The van der Waals surface area contributed by atoms with Gasteiger partial charge in [-0.1, -0.05) is 24.3 Å². The SMILES string of the molecule is CSc1ccc(CC(C)(C)NC[C@@H](O)CO[C@H](C)c2ccc(C)c3c2[C@@H]2[C@H](O3)[C@H]2C(=O)O)cc1C. The fourth-order valence-electron chi connectivity index (χ4n) is 5.20. The molecule has 4 rings (SSSR count). The Morgan fingerprint density at radius 3 is 2.63 bits per heavy atom. The molecule has 0 amide bonds. The molecule has 0 saturated heterocycles. The first-order valence-electron chi connectivity index (χ1n) is 12.2. The Bertz CT molecular complexity index is 1100. The van der Waals surface area contributed by atoms with Crippen molar-refractivity contribution in [1.82, 2.24) is 5.32 Å². The molecular weight excluding hydrogens is 462 g/mol. The molecular formula is C28H37NO5S. The van der Waals surface area contributed by atoms with Crippen molar-refractivity contribution in [3.05, 3.63) is 58.1 Å². The second-order valence-corrected chi connectivity index (χ2v) is 11.4. The highest BCUT2D eigenvalue weighted by molar-refractivity contribution is 7.98. The van der Waals surface area contributed by atoms with E-state index in [1.807, 2.05) is 26.0 Å². The number of hydrogen-bond donors (Lipinski definition) is 3. The number of carboxylic acid groups (broad SMARTS) is 1. The second kappa shape index (κ2) is 10.1. The molecule has 7 heteroatoms. The molecule has 1 aliphatic carbocycles. The minimum Gasteiger partial charge on any atom is -0.488 e. The van der Waals surface area contributed by atoms with Gasteiger partial charge in [-0.2, -0.15) is 0 Å². The van der Waals surface area contributed by atoms with Gasteiger partial charge in [0.05, 0.1) is 18.8 Å². The number of aliphatic hydroxyl groups excluding tert-OH is 1. The van der Waals surface area contributed by atoms with Crippen LogP contribution in [0.1, 0.15) is 60.6 Å². The Hall–Kier alpha value is -2.06. The van der Waals surface area contributed by atoms with Gasteiger partial charge in [-0.05, 0) is 75.6 Å². The molecule has 0 bridgehead atoms. The van der Waals surface area contributed by atoms with Gasteiger partial charge in [0.15, 0.2) is 0 Å². The quantitative estimate of drug-likeness (QED) is 0.389. The van der Waals surface area contributed by atoms with Crippen LogP contribution in [0.25, 0.3) is 0 Å². The molecule has 3 N–H and O–H groups in total. The molecule has 1 fully saturated rings. The molecule has 6 nitrogen and oxygen atoms in total. The summed E-state index contributed by atoms with van der Waals surface area (Å²) in [6.07, 6.45) is 1.74. The fraction of sp³-hybridized carbons (Fsp3) is 0.536. The Kier molecular flexibility index (Phi) is 7.53. The number of aryl methyl sites for hydroxylation is 2. The molecule has 2 aromatic rings. The molecule has 190 valence electrons. The van der Waals surface area contributed by atoms with Gasteiger partial charge in [0, 0.05) is 28.5 Å². The zero-order valence-corrected chi connectivity index (χ0v) is 22.2. The van der Waals surface area contributed by atoms with Crippen LogP contribution in [0.15, 0.2) is 35.2 Å². The van der Waals surface area contributed by atoms with Crippen molar-refractivity contribution in [1.29, 1.82) is 0 Å². The first-order valence-corrected chi connectivity index (χ1v) is 13.5. The number of carboxylic acids is 1. The van der Waals surface area contributed by atoms with E-state index in [0.717, 1.165) is 28.9 Å². The number of fused-ring (bicyclic) bond motifs is 3. The molecule has 1 saturated carbocycles. The highest BCUT2D eigenvalue weighted by Crippen LogP contribution is 2.61. The van der Waals surface area contributed by atoms with Gasteiger partial charge in [0.2, 0.25) is 0 Å². The van der Waals surface area contributed by atoms with Gasteiger partial charge in [0.25, 0.3) is 0 Å². The summed E-state index contributed by atoms with van der Waals surface area (Å²) in [5.74, 6) is -0.598. The number of rotatable bonds is 11. The van der Waals surface area contributed by atoms with Crippen molar-refractivity contribution >= 4 is 17.7 Å². The first-order chi connectivity index (χ1) is 16.5. The molecule has 2 aliphatic rings. The van der Waals surface area contributed by atoms with Crippen molar-refractivity contribution < 1.29 is 24.5 Å². The van der Waals surface area contributed by atoms with E-state index in [4.69, 9.17) is 9.47 Å². The van der Waals surface area contributed by atoms with E-state index in [0.29, 0.717) is 6.54 Å². The lowest BCUT2D eigenvalue weighted by molar-refractivity contribution is -0.139. The maximum atomic E-state index is 11.5. The van der Waals surface area contributed by atoms with Gasteiger partial charge in [-0.15, -0.1) is 11.8 Å². The van der Waals surface area contributed by atoms with E-state index in [1.54, 1.807) is 11.8 Å². The van der Waals surface area contributed by atoms with Crippen LogP contribution in [0.5, 0.6) is 5.75 Å². The van der Waals surface area contributed by atoms with E-state index in [9.17, 15) is 15.0 Å². The van der Waals surface area contributed by atoms with Crippen LogP contribution < -0.4 is 10.1 Å². The van der Waals surface area contributed by atoms with Crippen LogP contribution in [-0.2, 0) is 16.0 Å². The van der Waals surface area contributed by atoms with Crippen LogP contribution in [0, 0.1) is 19.8 Å². The monoisotopic (exact) mass is 499 g/mol. The Balaban J connectivity index is 1.31. The summed E-state index contributed by atoms with van der Waals surface area (Å²) in [6.45, 7) is 10.9. The van der Waals surface area contributed by atoms with Crippen molar-refractivity contribution in [2.24, 2.45) is 5.92 Å². The molecule has 5 atom stereocenters. The fourth-order valence-corrected chi connectivity index (χ4v) is 5.79. The maximum Gasteiger partial charge on any atom is 0.311 e. The zero-order valence-electron chi connectivity index (χ0n) is 21.4. The minimum absolute atomic E-state index is 0.107. The number of ether oxygens (including phenoxy) is 2. The summed E-state index contributed by atoms with van der Waals surface area (Å²) < 4.78 is 12.0. The molecule has 0 radical (unpaired) electrons. The van der Waals surface area contributed by atoms with Crippen LogP contribution in [0.4, 0.5) is 0 Å². The lowest BCUT2D eigenvalue weighted by Gasteiger charge is -2.29. The van der Waals surface area contributed by atoms with Gasteiger partial charge in [0.1, 0.15) is 17.8 Å². The van der Waals surface area contributed by atoms with Crippen molar-refractivity contribution in [3.63, 3.8) is 0 Å². The number of benzene rings is 2. The molecule has 0 aromatic heterocycles. The summed E-state index contributed by atoms with van der Waals surface area (Å²) in [6, 6.07) is 10.6. The smallest absolute Gasteiger partial charge is 0.311 e. The number of aliphatic hydroxyl groups is 1. The molecule has 35 heavy (non-hydrogen) atoms. The summed E-state index contributed by atoms with van der Waals surface area (Å²) in [4.78, 5) is 12.8. The van der Waals surface area contributed by atoms with Crippen LogP contribution in [0.3, 0.4) is 0 Å². The van der Waals surface area contributed by atoms with E-state index in [-0.39, 0.29) is 30.3 Å². The third-order valence-electron chi connectivity index (χ3n) is 7.15. The van der Waals surface area contributed by atoms with Gasteiger partial charge in [-0.3, -0.25) is 4.79 Å². The van der Waals surface area contributed by atoms with Crippen molar-refractivity contribution in [2.75, 3.05) is 19.4 Å². The summed E-state index contributed by atoms with van der Waals surface area (Å²) >= 11 is 1.76. The summed E-state index contributed by atoms with van der Waals surface area (Å²) in [5, 5.41) is 23.5. The molecule has 2 aromatic carbocycles. The van der Waals surface area contributed by atoms with Gasteiger partial charge >= 0.3 is 5.97 Å². The predicted molar refractivity (Wildman–Crippen MR) is 139 cm³/mol. The van der Waals surface area contributed by atoms with E-state index < -0.39 is 18.0 Å². The van der Waals surface area contributed by atoms with Gasteiger partial charge in [-0.25, -0.2) is 0 Å². The number of nitrogens with one attached hydrogen (secondary N) is 1. The van der Waals surface area contributed by atoms with Crippen LogP contribution >= 0.6 is 11.8 Å². The van der Waals surface area contributed by atoms with Crippen molar-refractivity contribution in [3.8, 4) is 5.75 Å². The maximum absolute atomic E-state index is 11.5. The van der Waals surface area contributed by atoms with E-state index in [1.165, 1.54) is 16.0 Å². The predicted octanol–water partition coefficient (Wildman–Crippen LogP) is 4.63. The Morgan fingerprint density at radius 2 is 1.97 bits per heavy atom. The highest BCUT2D eigenvalue weighted by Gasteiger charge is 2.64. The standard InChI is InChI=1S/C28H37NO5S/c1-15-7-9-20(22-23-24(27(31)32)26(23)34-25(15)22)17(3)33-14-19(30)13-29-28(4,5)12-18-8-10-21(35-6)16(2)11-18/h7-11,17,19,23-24,26,29-30H,12-14H2,1-6H3,(H,31,32)/t17-,19-,23+,24+,26+/m1/s1. The van der Waals surface area contributed by atoms with E-state index in [2.05, 4.69) is 50.5 Å². The minimum atomic E-state index is -0.814. The summed E-state index contributed by atoms with van der Waals surface area (Å²) in [7, 11) is 0. The zero-order chi connectivity index (χ0) is 25.5. The number of carbonyl (C=O) groups is 1.